The molecule has 20 heavy (non-hydrogen) atoms. The van der Waals surface area contributed by atoms with Gasteiger partial charge in [0.2, 0.25) is 0 Å². The quantitative estimate of drug-likeness (QED) is 0.666. The predicted molar refractivity (Wildman–Crippen MR) is 74.6 cm³/mol. The van der Waals surface area contributed by atoms with E-state index in [0.29, 0.717) is 5.56 Å². The number of aromatic nitrogens is 1. The molecular weight excluding hydrogens is 257 g/mol. The smallest absolute Gasteiger partial charge is 0.337 e. The molecule has 0 atom stereocenters. The van der Waals surface area contributed by atoms with Gasteiger partial charge in [-0.1, -0.05) is 6.07 Å². The van der Waals surface area contributed by atoms with Crippen molar-refractivity contribution in [2.45, 2.75) is 0 Å². The minimum Gasteiger partial charge on any atom is -0.465 e. The van der Waals surface area contributed by atoms with E-state index >= 15 is 0 Å². The molecule has 0 unspecified atom stereocenters. The Morgan fingerprint density at radius 3 is 2.55 bits per heavy atom. The van der Waals surface area contributed by atoms with Crippen molar-refractivity contribution < 1.29 is 13.9 Å². The van der Waals surface area contributed by atoms with Crippen LogP contribution in [0.5, 0.6) is 0 Å². The minimum absolute atomic E-state index is 0.277. The van der Waals surface area contributed by atoms with E-state index in [2.05, 4.69) is 0 Å². The minimum atomic E-state index is -0.376. The van der Waals surface area contributed by atoms with E-state index in [1.807, 2.05) is 22.9 Å². The lowest BCUT2D eigenvalue weighted by molar-refractivity contribution is 0.0601. The maximum atomic E-state index is 13.0. The van der Waals surface area contributed by atoms with Crippen molar-refractivity contribution in [3.05, 3.63) is 66.1 Å². The zero-order valence-electron chi connectivity index (χ0n) is 10.8. The monoisotopic (exact) mass is 269 g/mol. The highest BCUT2D eigenvalue weighted by Crippen LogP contribution is 2.22. The summed E-state index contributed by atoms with van der Waals surface area (Å²) in [6.07, 6.45) is 1.89. The van der Waals surface area contributed by atoms with Crippen LogP contribution in [0.25, 0.3) is 16.6 Å². The molecule has 0 aliphatic carbocycles. The standard InChI is InChI=1S/C16H12FNO2/c1-20-16(19)12-3-2-11-8-9-18(15(11)10-12)14-6-4-13(17)5-7-14/h2-10H,1H3. The van der Waals surface area contributed by atoms with Crippen LogP contribution < -0.4 is 0 Å². The van der Waals surface area contributed by atoms with Crippen LogP contribution in [0, 0.1) is 5.82 Å². The molecule has 1 aromatic heterocycles. The molecule has 3 nitrogen and oxygen atoms in total. The molecule has 0 fully saturated rings. The third-order valence-corrected chi connectivity index (χ3v) is 3.22. The van der Waals surface area contributed by atoms with Gasteiger partial charge in [0.25, 0.3) is 0 Å². The molecule has 3 aromatic rings. The number of hydrogen-bond acceptors (Lipinski definition) is 2. The van der Waals surface area contributed by atoms with Gasteiger partial charge in [-0.15, -0.1) is 0 Å². The largest absolute Gasteiger partial charge is 0.465 e. The lowest BCUT2D eigenvalue weighted by atomic mass is 10.1. The highest BCUT2D eigenvalue weighted by Gasteiger charge is 2.09. The number of methoxy groups -OCH3 is 1. The number of rotatable bonds is 2. The van der Waals surface area contributed by atoms with Gasteiger partial charge < -0.3 is 9.30 Å². The average Bonchev–Trinajstić information content (AvgIpc) is 2.90. The lowest BCUT2D eigenvalue weighted by Gasteiger charge is -2.06. The van der Waals surface area contributed by atoms with E-state index in [1.54, 1.807) is 24.3 Å². The summed E-state index contributed by atoms with van der Waals surface area (Å²) in [4.78, 5) is 11.6. The molecule has 4 heteroatoms. The third kappa shape index (κ3) is 2.05. The van der Waals surface area contributed by atoms with Gasteiger partial charge in [-0.3, -0.25) is 0 Å². The van der Waals surface area contributed by atoms with Crippen LogP contribution in [0.1, 0.15) is 10.4 Å². The summed E-state index contributed by atoms with van der Waals surface area (Å²) in [5.41, 5.74) is 2.20. The number of ether oxygens (including phenoxy) is 1. The average molecular weight is 269 g/mol. The van der Waals surface area contributed by atoms with E-state index in [9.17, 15) is 9.18 Å². The Bertz CT molecular complexity index is 775. The fraction of sp³-hybridized carbons (Fsp3) is 0.0625. The molecule has 0 amide bonds. The zero-order valence-corrected chi connectivity index (χ0v) is 10.8. The Kier molecular flexibility index (Phi) is 2.99. The van der Waals surface area contributed by atoms with Gasteiger partial charge in [-0.25, -0.2) is 9.18 Å². The van der Waals surface area contributed by atoms with Crippen LogP contribution in [0.3, 0.4) is 0 Å². The number of fused-ring (bicyclic) bond motifs is 1. The number of halogens is 1. The zero-order chi connectivity index (χ0) is 14.1. The third-order valence-electron chi connectivity index (χ3n) is 3.22. The number of carbonyl (C=O) groups excluding carboxylic acids is 1. The molecule has 2 aromatic carbocycles. The molecule has 0 N–H and O–H groups in total. The highest BCUT2D eigenvalue weighted by molar-refractivity contribution is 5.95. The van der Waals surface area contributed by atoms with Crippen molar-refractivity contribution in [1.82, 2.24) is 4.57 Å². The lowest BCUT2D eigenvalue weighted by Crippen LogP contribution is -2.01. The first-order chi connectivity index (χ1) is 9.69. The Hall–Kier alpha value is -2.62. The molecular formula is C16H12FNO2. The molecule has 3 rings (SSSR count). The molecule has 0 bridgehead atoms. The summed E-state index contributed by atoms with van der Waals surface area (Å²) in [5, 5.41) is 1.00. The van der Waals surface area contributed by atoms with Crippen molar-refractivity contribution in [3.8, 4) is 5.69 Å². The number of esters is 1. The summed E-state index contributed by atoms with van der Waals surface area (Å²) in [6.45, 7) is 0. The molecule has 0 spiro atoms. The van der Waals surface area contributed by atoms with Gasteiger partial charge in [0.1, 0.15) is 5.82 Å². The molecule has 0 aliphatic heterocycles. The first kappa shape index (κ1) is 12.4. The van der Waals surface area contributed by atoms with Crippen LogP contribution in [0.15, 0.2) is 54.7 Å². The van der Waals surface area contributed by atoms with Gasteiger partial charge in [0, 0.05) is 11.9 Å². The molecule has 0 aliphatic rings. The van der Waals surface area contributed by atoms with Crippen molar-refractivity contribution in [1.29, 1.82) is 0 Å². The predicted octanol–water partition coefficient (Wildman–Crippen LogP) is 3.56. The first-order valence-corrected chi connectivity index (χ1v) is 6.14. The van der Waals surface area contributed by atoms with Crippen molar-refractivity contribution in [2.24, 2.45) is 0 Å². The Labute approximate surface area is 115 Å². The Morgan fingerprint density at radius 1 is 1.10 bits per heavy atom. The highest BCUT2D eigenvalue weighted by atomic mass is 19.1. The maximum Gasteiger partial charge on any atom is 0.337 e. The topological polar surface area (TPSA) is 31.2 Å². The second-order valence-electron chi connectivity index (χ2n) is 4.43. The molecule has 0 saturated heterocycles. The molecule has 1 heterocycles. The molecule has 100 valence electrons. The van der Waals surface area contributed by atoms with E-state index in [-0.39, 0.29) is 11.8 Å². The number of carbonyl (C=O) groups is 1. The van der Waals surface area contributed by atoms with Gasteiger partial charge >= 0.3 is 5.97 Å². The van der Waals surface area contributed by atoms with Crippen LogP contribution >= 0.6 is 0 Å². The molecule has 0 saturated carbocycles. The van der Waals surface area contributed by atoms with Gasteiger partial charge in [-0.05, 0) is 47.9 Å². The van der Waals surface area contributed by atoms with Gasteiger partial charge in [-0.2, -0.15) is 0 Å². The van der Waals surface area contributed by atoms with Crippen LogP contribution in [-0.2, 0) is 4.74 Å². The number of nitrogens with zero attached hydrogens (tertiary/aromatic N) is 1. The van der Waals surface area contributed by atoms with Crippen LogP contribution in [0.2, 0.25) is 0 Å². The molecule has 0 radical (unpaired) electrons. The van der Waals surface area contributed by atoms with Crippen LogP contribution in [-0.4, -0.2) is 17.6 Å². The summed E-state index contributed by atoms with van der Waals surface area (Å²) in [6, 6.07) is 13.5. The Morgan fingerprint density at radius 2 is 1.85 bits per heavy atom. The van der Waals surface area contributed by atoms with E-state index in [4.69, 9.17) is 4.74 Å². The van der Waals surface area contributed by atoms with E-state index < -0.39 is 0 Å². The van der Waals surface area contributed by atoms with Crippen molar-refractivity contribution in [2.75, 3.05) is 7.11 Å². The fourth-order valence-electron chi connectivity index (χ4n) is 2.20. The Balaban J connectivity index is 2.16. The van der Waals surface area contributed by atoms with E-state index in [0.717, 1.165) is 16.6 Å². The van der Waals surface area contributed by atoms with E-state index in [1.165, 1.54) is 19.2 Å². The fourth-order valence-corrected chi connectivity index (χ4v) is 2.20. The second-order valence-corrected chi connectivity index (χ2v) is 4.43. The van der Waals surface area contributed by atoms with Crippen molar-refractivity contribution >= 4 is 16.9 Å². The summed E-state index contributed by atoms with van der Waals surface area (Å²) in [7, 11) is 1.35. The number of hydrogen-bond donors (Lipinski definition) is 0. The first-order valence-electron chi connectivity index (χ1n) is 6.14. The maximum absolute atomic E-state index is 13.0. The summed E-state index contributed by atoms with van der Waals surface area (Å²) in [5.74, 6) is -0.654. The summed E-state index contributed by atoms with van der Waals surface area (Å²) < 4.78 is 19.6. The van der Waals surface area contributed by atoms with Gasteiger partial charge in [0.05, 0.1) is 18.2 Å². The van der Waals surface area contributed by atoms with Crippen LogP contribution in [0.4, 0.5) is 4.39 Å². The summed E-state index contributed by atoms with van der Waals surface area (Å²) >= 11 is 0. The normalized spacial score (nSPS) is 10.7. The number of benzene rings is 2. The van der Waals surface area contributed by atoms with Crippen molar-refractivity contribution in [3.63, 3.8) is 0 Å². The second kappa shape index (κ2) is 4.81. The van der Waals surface area contributed by atoms with Gasteiger partial charge in [0.15, 0.2) is 0 Å². The SMILES string of the molecule is COC(=O)c1ccc2ccn(-c3ccc(F)cc3)c2c1.